The molecule has 164 valence electrons. The predicted molar refractivity (Wildman–Crippen MR) is 115 cm³/mol. The van der Waals surface area contributed by atoms with Crippen molar-refractivity contribution in [3.8, 4) is 0 Å². The summed E-state index contributed by atoms with van der Waals surface area (Å²) in [6, 6.07) is 8.26. The second-order valence-corrected chi connectivity index (χ2v) is 9.36. The van der Waals surface area contributed by atoms with Crippen molar-refractivity contribution in [2.45, 2.75) is 18.4 Å². The number of hydrogen-bond donors (Lipinski definition) is 0. The minimum absolute atomic E-state index is 0.148. The maximum absolute atomic E-state index is 13.5. The lowest BCUT2D eigenvalue weighted by Gasteiger charge is -2.26. The number of rotatable bonds is 5. The quantitative estimate of drug-likeness (QED) is 0.567. The molecule has 1 fully saturated rings. The second kappa shape index (κ2) is 8.66. The highest BCUT2D eigenvalue weighted by atomic mass is 35.5. The molecule has 31 heavy (non-hydrogen) atoms. The molecule has 2 aromatic carbocycles. The first kappa shape index (κ1) is 21.9. The van der Waals surface area contributed by atoms with Crippen LogP contribution in [-0.2, 0) is 21.3 Å². The van der Waals surface area contributed by atoms with Gasteiger partial charge in [0.2, 0.25) is 10.0 Å². The molecule has 0 amide bonds. The van der Waals surface area contributed by atoms with Crippen LogP contribution < -0.4 is 0 Å². The third kappa shape index (κ3) is 4.23. The van der Waals surface area contributed by atoms with Crippen molar-refractivity contribution in [3.05, 3.63) is 59.4 Å². The lowest BCUT2D eigenvalue weighted by Crippen LogP contribution is -2.40. The van der Waals surface area contributed by atoms with Crippen LogP contribution in [0, 0.1) is 11.6 Å². The summed E-state index contributed by atoms with van der Waals surface area (Å²) in [6.45, 7) is 3.77. The van der Waals surface area contributed by atoms with Crippen LogP contribution in [0.25, 0.3) is 22.1 Å². The zero-order valence-corrected chi connectivity index (χ0v) is 18.3. The van der Waals surface area contributed by atoms with Gasteiger partial charge >= 0.3 is 0 Å². The Hall–Kier alpha value is -2.33. The monoisotopic (exact) mass is 467 g/mol. The maximum Gasteiger partial charge on any atom is 0.243 e. The number of sulfonamides is 1. The Balaban J connectivity index is 1.75. The van der Waals surface area contributed by atoms with E-state index in [4.69, 9.17) is 16.3 Å². The van der Waals surface area contributed by atoms with E-state index in [1.54, 1.807) is 12.1 Å². The van der Waals surface area contributed by atoms with Crippen LogP contribution >= 0.6 is 11.6 Å². The molecule has 10 heteroatoms. The molecule has 0 aliphatic carbocycles. The number of imidazole rings is 1. The van der Waals surface area contributed by atoms with E-state index in [-0.39, 0.29) is 9.93 Å². The van der Waals surface area contributed by atoms with Crippen LogP contribution in [-0.4, -0.2) is 48.6 Å². The van der Waals surface area contributed by atoms with Gasteiger partial charge in [-0.05, 0) is 48.9 Å². The summed E-state index contributed by atoms with van der Waals surface area (Å²) in [5, 5.41) is 0.224. The zero-order chi connectivity index (χ0) is 22.2. The van der Waals surface area contributed by atoms with E-state index in [0.717, 1.165) is 17.6 Å². The number of aryl methyl sites for hydroxylation is 1. The molecular formula is C21H20ClF2N3O3S. The van der Waals surface area contributed by atoms with Crippen molar-refractivity contribution in [2.75, 3.05) is 26.3 Å². The molecular weight excluding hydrogens is 448 g/mol. The van der Waals surface area contributed by atoms with Gasteiger partial charge in [0, 0.05) is 19.6 Å². The summed E-state index contributed by atoms with van der Waals surface area (Å²) in [6.07, 6.45) is 1.49. The van der Waals surface area contributed by atoms with Crippen molar-refractivity contribution in [3.63, 3.8) is 0 Å². The SMILES string of the molecule is CCn1c(C(Cl)=Cc2ccc(F)c(F)c2)nc2cc(S(=O)(=O)N3CCOCC3)ccc21. The summed E-state index contributed by atoms with van der Waals surface area (Å²) in [4.78, 5) is 4.67. The van der Waals surface area contributed by atoms with Crippen LogP contribution in [0.4, 0.5) is 8.78 Å². The van der Waals surface area contributed by atoms with Gasteiger partial charge in [-0.25, -0.2) is 22.2 Å². The summed E-state index contributed by atoms with van der Waals surface area (Å²) in [7, 11) is -3.66. The number of nitrogens with zero attached hydrogens (tertiary/aromatic N) is 3. The van der Waals surface area contributed by atoms with Crippen molar-refractivity contribution >= 4 is 43.8 Å². The third-order valence-corrected chi connectivity index (χ3v) is 7.27. The molecule has 0 spiro atoms. The lowest BCUT2D eigenvalue weighted by atomic mass is 10.2. The number of hydrogen-bond acceptors (Lipinski definition) is 4. The van der Waals surface area contributed by atoms with Crippen molar-refractivity contribution in [1.29, 1.82) is 0 Å². The molecule has 0 radical (unpaired) electrons. The number of morpholine rings is 1. The predicted octanol–water partition coefficient (Wildman–Crippen LogP) is 4.09. The highest BCUT2D eigenvalue weighted by molar-refractivity contribution is 7.89. The molecule has 0 N–H and O–H groups in total. The van der Waals surface area contributed by atoms with E-state index in [2.05, 4.69) is 4.98 Å². The van der Waals surface area contributed by atoms with Crippen LogP contribution in [0.3, 0.4) is 0 Å². The van der Waals surface area contributed by atoms with Gasteiger partial charge in [-0.2, -0.15) is 4.31 Å². The normalized spacial score (nSPS) is 16.2. The Bertz CT molecular complexity index is 1270. The van der Waals surface area contributed by atoms with Gasteiger partial charge in [0.1, 0.15) is 0 Å². The minimum atomic E-state index is -3.66. The van der Waals surface area contributed by atoms with Crippen molar-refractivity contribution in [1.82, 2.24) is 13.9 Å². The molecule has 1 aromatic heterocycles. The molecule has 1 aliphatic rings. The molecule has 0 saturated carbocycles. The molecule has 3 aromatic rings. The van der Waals surface area contributed by atoms with E-state index in [1.807, 2.05) is 11.5 Å². The number of ether oxygens (including phenoxy) is 1. The highest BCUT2D eigenvalue weighted by Crippen LogP contribution is 2.29. The summed E-state index contributed by atoms with van der Waals surface area (Å²) < 4.78 is 61.1. The van der Waals surface area contributed by atoms with E-state index in [9.17, 15) is 17.2 Å². The van der Waals surface area contributed by atoms with Crippen LogP contribution in [0.2, 0.25) is 0 Å². The van der Waals surface area contributed by atoms with Crippen molar-refractivity contribution < 1.29 is 21.9 Å². The Morgan fingerprint density at radius 3 is 2.58 bits per heavy atom. The molecule has 1 aliphatic heterocycles. The standard InChI is InChI=1S/C21H20ClF2N3O3S/c1-2-27-20-6-4-15(31(28,29)26-7-9-30-10-8-26)13-19(20)25-21(27)16(22)11-14-3-5-17(23)18(24)12-14/h3-6,11-13H,2,7-10H2,1H3. The molecule has 6 nitrogen and oxygen atoms in total. The van der Waals surface area contributed by atoms with E-state index in [1.165, 1.54) is 22.5 Å². The van der Waals surface area contributed by atoms with E-state index >= 15 is 0 Å². The van der Waals surface area contributed by atoms with E-state index in [0.29, 0.717) is 49.8 Å². The Morgan fingerprint density at radius 1 is 1.16 bits per heavy atom. The van der Waals surface area contributed by atoms with Crippen LogP contribution in [0.1, 0.15) is 18.3 Å². The first-order chi connectivity index (χ1) is 14.8. The fourth-order valence-electron chi connectivity index (χ4n) is 3.52. The number of fused-ring (bicyclic) bond motifs is 1. The van der Waals surface area contributed by atoms with Gasteiger partial charge in [0.05, 0.1) is 34.2 Å². The van der Waals surface area contributed by atoms with Gasteiger partial charge in [-0.15, -0.1) is 0 Å². The third-order valence-electron chi connectivity index (χ3n) is 5.09. The number of halogens is 3. The average molecular weight is 468 g/mol. The fraction of sp³-hybridized carbons (Fsp3) is 0.286. The summed E-state index contributed by atoms with van der Waals surface area (Å²) in [5.41, 5.74) is 1.58. The second-order valence-electron chi connectivity index (χ2n) is 7.01. The molecule has 0 atom stereocenters. The van der Waals surface area contributed by atoms with Gasteiger partial charge in [-0.3, -0.25) is 0 Å². The molecule has 0 bridgehead atoms. The van der Waals surface area contributed by atoms with Gasteiger partial charge < -0.3 is 9.30 Å². The minimum Gasteiger partial charge on any atom is -0.379 e. The number of benzene rings is 2. The topological polar surface area (TPSA) is 64.4 Å². The molecule has 0 unspecified atom stereocenters. The Morgan fingerprint density at radius 2 is 1.90 bits per heavy atom. The fourth-order valence-corrected chi connectivity index (χ4v) is 5.22. The molecule has 1 saturated heterocycles. The van der Waals surface area contributed by atoms with Gasteiger partial charge in [0.25, 0.3) is 0 Å². The average Bonchev–Trinajstić information content (AvgIpc) is 3.15. The largest absolute Gasteiger partial charge is 0.379 e. The summed E-state index contributed by atoms with van der Waals surface area (Å²) in [5.74, 6) is -1.51. The first-order valence-electron chi connectivity index (χ1n) is 9.72. The van der Waals surface area contributed by atoms with Gasteiger partial charge in [0.15, 0.2) is 17.5 Å². The number of aromatic nitrogens is 2. The van der Waals surface area contributed by atoms with Crippen LogP contribution in [0.15, 0.2) is 41.3 Å². The van der Waals surface area contributed by atoms with Crippen LogP contribution in [0.5, 0.6) is 0 Å². The Labute approximate surface area is 183 Å². The van der Waals surface area contributed by atoms with Crippen molar-refractivity contribution in [2.24, 2.45) is 0 Å². The lowest BCUT2D eigenvalue weighted by molar-refractivity contribution is 0.0730. The van der Waals surface area contributed by atoms with E-state index < -0.39 is 21.7 Å². The zero-order valence-electron chi connectivity index (χ0n) is 16.7. The smallest absolute Gasteiger partial charge is 0.243 e. The molecule has 2 heterocycles. The first-order valence-corrected chi connectivity index (χ1v) is 11.5. The maximum atomic E-state index is 13.5. The Kier molecular flexibility index (Phi) is 6.11. The van der Waals surface area contributed by atoms with Gasteiger partial charge in [-0.1, -0.05) is 17.7 Å². The molecule has 4 rings (SSSR count). The highest BCUT2D eigenvalue weighted by Gasteiger charge is 2.27. The summed E-state index contributed by atoms with van der Waals surface area (Å²) >= 11 is 6.46.